The number of nitrogens with zero attached hydrogens (tertiary/aromatic N) is 2. The number of alkyl halides is 3. The third-order valence-electron chi connectivity index (χ3n) is 4.08. The van der Waals surface area contributed by atoms with Gasteiger partial charge in [0.2, 0.25) is 5.88 Å². The van der Waals surface area contributed by atoms with E-state index in [4.69, 9.17) is 9.84 Å². The number of pyridine rings is 1. The summed E-state index contributed by atoms with van der Waals surface area (Å²) in [5.74, 6) is 0.667. The zero-order valence-corrected chi connectivity index (χ0v) is 10.9. The van der Waals surface area contributed by atoms with Crippen LogP contribution in [0.4, 0.5) is 18.0 Å². The summed E-state index contributed by atoms with van der Waals surface area (Å²) in [7, 11) is 0. The summed E-state index contributed by atoms with van der Waals surface area (Å²) in [5.41, 5.74) is -0.979. The molecule has 0 radical (unpaired) electrons. The molecule has 1 amide bonds. The second-order valence-corrected chi connectivity index (χ2v) is 5.35. The number of carbonyl (C=O) groups is 1. The molecule has 0 aromatic carbocycles. The molecule has 2 aliphatic rings. The molecule has 1 saturated heterocycles. The number of carboxylic acid groups (broad SMARTS) is 1. The molecule has 1 aromatic heterocycles. The number of fused-ring (bicyclic) bond motifs is 1. The van der Waals surface area contributed by atoms with Crippen molar-refractivity contribution in [2.75, 3.05) is 19.7 Å². The van der Waals surface area contributed by atoms with E-state index in [1.807, 2.05) is 0 Å². The Balaban J connectivity index is 1.53. The molecule has 5 nitrogen and oxygen atoms in total. The van der Waals surface area contributed by atoms with E-state index >= 15 is 0 Å². The van der Waals surface area contributed by atoms with Gasteiger partial charge in [-0.1, -0.05) is 6.07 Å². The highest BCUT2D eigenvalue weighted by molar-refractivity contribution is 5.65. The van der Waals surface area contributed by atoms with Crippen molar-refractivity contribution in [2.45, 2.75) is 6.18 Å². The lowest BCUT2D eigenvalue weighted by molar-refractivity contribution is -0.141. The number of rotatable bonds is 3. The van der Waals surface area contributed by atoms with Crippen molar-refractivity contribution in [3.8, 4) is 5.88 Å². The molecule has 21 heavy (non-hydrogen) atoms. The van der Waals surface area contributed by atoms with Crippen LogP contribution in [0.25, 0.3) is 0 Å². The number of aromatic nitrogens is 1. The highest BCUT2D eigenvalue weighted by Gasteiger charge is 2.57. The normalized spacial score (nSPS) is 27.4. The van der Waals surface area contributed by atoms with Crippen LogP contribution in [0.15, 0.2) is 18.2 Å². The molecular formula is C13H13F3N2O3. The Hall–Kier alpha value is -1.99. The lowest BCUT2D eigenvalue weighted by Gasteiger charge is -2.16. The van der Waals surface area contributed by atoms with E-state index in [0.717, 1.165) is 6.07 Å². The molecule has 1 N–H and O–H groups in total. The van der Waals surface area contributed by atoms with E-state index in [9.17, 15) is 18.0 Å². The highest BCUT2D eigenvalue weighted by atomic mass is 19.4. The minimum atomic E-state index is -4.49. The van der Waals surface area contributed by atoms with E-state index in [0.29, 0.717) is 13.1 Å². The summed E-state index contributed by atoms with van der Waals surface area (Å²) in [4.78, 5) is 15.5. The first-order valence-corrected chi connectivity index (χ1v) is 6.51. The summed E-state index contributed by atoms with van der Waals surface area (Å²) in [6, 6.07) is 3.53. The fourth-order valence-electron chi connectivity index (χ4n) is 2.89. The van der Waals surface area contributed by atoms with Crippen molar-refractivity contribution in [1.29, 1.82) is 0 Å². The lowest BCUT2D eigenvalue weighted by atomic mass is 10.3. The minimum Gasteiger partial charge on any atom is -0.477 e. The molecule has 3 atom stereocenters. The molecule has 2 heterocycles. The second kappa shape index (κ2) is 4.78. The average Bonchev–Trinajstić information content (AvgIpc) is 2.86. The quantitative estimate of drug-likeness (QED) is 0.931. The monoisotopic (exact) mass is 302 g/mol. The number of hydrogen-bond acceptors (Lipinski definition) is 3. The molecule has 1 aliphatic heterocycles. The van der Waals surface area contributed by atoms with Crippen molar-refractivity contribution in [1.82, 2.24) is 9.88 Å². The van der Waals surface area contributed by atoms with Crippen LogP contribution in [0.3, 0.4) is 0 Å². The Morgan fingerprint density at radius 1 is 1.38 bits per heavy atom. The predicted octanol–water partition coefficient (Wildman–Crippen LogP) is 2.34. The molecule has 114 valence electrons. The average molecular weight is 302 g/mol. The summed E-state index contributed by atoms with van der Waals surface area (Å²) < 4.78 is 42.8. The fraction of sp³-hybridized carbons (Fsp3) is 0.538. The number of piperidine rings is 1. The van der Waals surface area contributed by atoms with Gasteiger partial charge in [0, 0.05) is 25.1 Å². The van der Waals surface area contributed by atoms with Gasteiger partial charge in [0.25, 0.3) is 0 Å². The van der Waals surface area contributed by atoms with Gasteiger partial charge in [-0.2, -0.15) is 13.2 Å². The van der Waals surface area contributed by atoms with Gasteiger partial charge in [0.1, 0.15) is 5.69 Å². The summed E-state index contributed by atoms with van der Waals surface area (Å²) >= 11 is 0. The lowest BCUT2D eigenvalue weighted by Crippen LogP contribution is -2.30. The second-order valence-electron chi connectivity index (χ2n) is 5.35. The number of likely N-dealkylation sites (tertiary alicyclic amines) is 1. The number of amides is 1. The van der Waals surface area contributed by atoms with Crippen molar-refractivity contribution >= 4 is 6.09 Å². The fourth-order valence-corrected chi connectivity index (χ4v) is 2.89. The van der Waals surface area contributed by atoms with Gasteiger partial charge in [0.15, 0.2) is 0 Å². The Labute approximate surface area is 118 Å². The van der Waals surface area contributed by atoms with Crippen LogP contribution in [0.1, 0.15) is 5.69 Å². The van der Waals surface area contributed by atoms with E-state index in [1.165, 1.54) is 17.0 Å². The first kappa shape index (κ1) is 14.0. The number of halogens is 3. The Morgan fingerprint density at radius 3 is 2.62 bits per heavy atom. The van der Waals surface area contributed by atoms with Gasteiger partial charge in [-0.15, -0.1) is 0 Å². The van der Waals surface area contributed by atoms with Gasteiger partial charge in [-0.05, 0) is 17.9 Å². The third kappa shape index (κ3) is 2.74. The molecule has 3 rings (SSSR count). The van der Waals surface area contributed by atoms with E-state index < -0.39 is 18.0 Å². The first-order chi connectivity index (χ1) is 9.86. The van der Waals surface area contributed by atoms with Crippen LogP contribution in [-0.2, 0) is 6.18 Å². The summed E-state index contributed by atoms with van der Waals surface area (Å²) in [6.07, 6.45) is -5.42. The molecule has 0 bridgehead atoms. The van der Waals surface area contributed by atoms with Crippen LogP contribution in [-0.4, -0.2) is 40.8 Å². The molecule has 1 unspecified atom stereocenters. The van der Waals surface area contributed by atoms with Crippen molar-refractivity contribution in [2.24, 2.45) is 17.8 Å². The molecule has 2 fully saturated rings. The van der Waals surface area contributed by atoms with Gasteiger partial charge in [0.05, 0.1) is 6.61 Å². The van der Waals surface area contributed by atoms with E-state index in [2.05, 4.69) is 4.98 Å². The summed E-state index contributed by atoms with van der Waals surface area (Å²) in [6.45, 7) is 1.23. The SMILES string of the molecule is O=C(O)N1C[C@@H]2C(COc3cccc(C(F)(F)F)n3)[C@@H]2C1. The zero-order valence-electron chi connectivity index (χ0n) is 10.9. The molecular weight excluding hydrogens is 289 g/mol. The molecule has 0 spiro atoms. The maximum atomic E-state index is 12.5. The van der Waals surface area contributed by atoms with Crippen LogP contribution < -0.4 is 4.74 Å². The van der Waals surface area contributed by atoms with Crippen LogP contribution in [0, 0.1) is 17.8 Å². The maximum absolute atomic E-state index is 12.5. The Bertz CT molecular complexity index is 552. The van der Waals surface area contributed by atoms with Gasteiger partial charge in [-0.3, -0.25) is 0 Å². The predicted molar refractivity (Wildman–Crippen MR) is 64.8 cm³/mol. The van der Waals surface area contributed by atoms with Crippen molar-refractivity contribution in [3.05, 3.63) is 23.9 Å². The molecule has 1 aliphatic carbocycles. The Kier molecular flexibility index (Phi) is 3.18. The van der Waals surface area contributed by atoms with Crippen LogP contribution in [0.5, 0.6) is 5.88 Å². The van der Waals surface area contributed by atoms with Gasteiger partial charge >= 0.3 is 12.3 Å². The van der Waals surface area contributed by atoms with Crippen LogP contribution in [0.2, 0.25) is 0 Å². The first-order valence-electron chi connectivity index (χ1n) is 6.51. The number of hydrogen-bond donors (Lipinski definition) is 1. The van der Waals surface area contributed by atoms with Crippen LogP contribution >= 0.6 is 0 Å². The molecule has 1 saturated carbocycles. The van der Waals surface area contributed by atoms with Gasteiger partial charge in [-0.25, -0.2) is 9.78 Å². The van der Waals surface area contributed by atoms with E-state index in [-0.39, 0.29) is 30.2 Å². The highest BCUT2D eigenvalue weighted by Crippen LogP contribution is 2.51. The smallest absolute Gasteiger partial charge is 0.433 e. The zero-order chi connectivity index (χ0) is 15.2. The third-order valence-corrected chi connectivity index (χ3v) is 4.08. The van der Waals surface area contributed by atoms with Crippen molar-refractivity contribution in [3.63, 3.8) is 0 Å². The topological polar surface area (TPSA) is 62.7 Å². The molecule has 8 heteroatoms. The van der Waals surface area contributed by atoms with E-state index in [1.54, 1.807) is 0 Å². The molecule has 1 aromatic rings. The Morgan fingerprint density at radius 2 is 2.05 bits per heavy atom. The largest absolute Gasteiger partial charge is 0.477 e. The minimum absolute atomic E-state index is 0.0510. The summed E-state index contributed by atoms with van der Waals surface area (Å²) in [5, 5.41) is 8.83. The standard InChI is InChI=1S/C13H13F3N2O3/c14-13(15,16)10-2-1-3-11(17-10)21-6-9-7-4-18(12(19)20)5-8(7)9/h1-3,7-9H,4-6H2,(H,19,20)/t7-,8+,9?. The van der Waals surface area contributed by atoms with Crippen molar-refractivity contribution < 1.29 is 27.8 Å². The maximum Gasteiger partial charge on any atom is 0.433 e. The number of ether oxygens (including phenoxy) is 1. The van der Waals surface area contributed by atoms with Gasteiger partial charge < -0.3 is 14.7 Å².